The highest BCUT2D eigenvalue weighted by molar-refractivity contribution is 6.00. The van der Waals surface area contributed by atoms with Crippen molar-refractivity contribution in [2.75, 3.05) is 6.54 Å². The van der Waals surface area contributed by atoms with Gasteiger partial charge in [0.2, 0.25) is 5.56 Å². The first-order valence-corrected chi connectivity index (χ1v) is 13.5. The molecule has 3 aromatic rings. The van der Waals surface area contributed by atoms with Crippen molar-refractivity contribution in [3.05, 3.63) is 105 Å². The Kier molecular flexibility index (Phi) is 8.28. The second-order valence-corrected chi connectivity index (χ2v) is 11.8. The Morgan fingerprint density at radius 3 is 2.36 bits per heavy atom. The van der Waals surface area contributed by atoms with Gasteiger partial charge in [-0.05, 0) is 59.4 Å². The third-order valence-corrected chi connectivity index (χ3v) is 8.16. The number of benzene rings is 2. The lowest BCUT2D eigenvalue weighted by atomic mass is 9.75. The van der Waals surface area contributed by atoms with Crippen LogP contribution in [0.15, 0.2) is 76.8 Å². The van der Waals surface area contributed by atoms with E-state index in [1.807, 2.05) is 12.1 Å². The molecule has 2 unspecified atom stereocenters. The Morgan fingerprint density at radius 1 is 1.08 bits per heavy atom. The molecule has 2 N–H and O–H groups in total. The quantitative estimate of drug-likeness (QED) is 0.220. The molecule has 7 heteroatoms. The number of aromatic nitrogens is 1. The van der Waals surface area contributed by atoms with E-state index < -0.39 is 6.09 Å². The number of carbonyl (C=O) groups is 1. The lowest BCUT2D eigenvalue weighted by molar-refractivity contribution is 0.0526. The molecule has 2 aromatic carbocycles. The van der Waals surface area contributed by atoms with E-state index in [9.17, 15) is 19.9 Å². The lowest BCUT2D eigenvalue weighted by Gasteiger charge is -2.44. The van der Waals surface area contributed by atoms with Gasteiger partial charge in [-0.2, -0.15) is 0 Å². The first kappa shape index (κ1) is 28.1. The maximum atomic E-state index is 11.9. The molecule has 0 radical (unpaired) electrons. The molecule has 1 fully saturated rings. The number of oxime groups is 1. The van der Waals surface area contributed by atoms with Crippen molar-refractivity contribution in [3.8, 4) is 0 Å². The highest BCUT2D eigenvalue weighted by Crippen LogP contribution is 2.40. The maximum Gasteiger partial charge on any atom is 0.407 e. The summed E-state index contributed by atoms with van der Waals surface area (Å²) in [6.07, 6.45) is 2.91. The molecule has 3 atom stereocenters. The molecule has 4 rings (SSSR count). The van der Waals surface area contributed by atoms with Gasteiger partial charge in [0.25, 0.3) is 0 Å². The SMILES string of the molecule is Cc1ccccc1C(CC(=NO)c1ccc(=O)n(C)c1)c1ccc(C2CCN(C(=O)O)[C@@H](C(C)(C)C)C2)cc1. The third-order valence-electron chi connectivity index (χ3n) is 8.16. The molecule has 39 heavy (non-hydrogen) atoms. The summed E-state index contributed by atoms with van der Waals surface area (Å²) in [5.74, 6) is 0.232. The molecule has 2 heterocycles. The first-order valence-electron chi connectivity index (χ1n) is 13.5. The van der Waals surface area contributed by atoms with Crippen LogP contribution >= 0.6 is 0 Å². The Morgan fingerprint density at radius 2 is 1.77 bits per heavy atom. The van der Waals surface area contributed by atoms with Crippen LogP contribution in [0.1, 0.15) is 79.7 Å². The van der Waals surface area contributed by atoms with Gasteiger partial charge in [-0.1, -0.05) is 74.5 Å². The summed E-state index contributed by atoms with van der Waals surface area (Å²) in [7, 11) is 1.68. The molecule has 7 nitrogen and oxygen atoms in total. The molecule has 1 aliphatic rings. The van der Waals surface area contributed by atoms with E-state index >= 15 is 0 Å². The summed E-state index contributed by atoms with van der Waals surface area (Å²) in [6.45, 7) is 8.94. The van der Waals surface area contributed by atoms with E-state index in [0.717, 1.165) is 29.5 Å². The number of hydrogen-bond donors (Lipinski definition) is 2. The van der Waals surface area contributed by atoms with Crippen LogP contribution in [0.2, 0.25) is 0 Å². The molecule has 206 valence electrons. The largest absolute Gasteiger partial charge is 0.465 e. The van der Waals surface area contributed by atoms with Gasteiger partial charge in [-0.15, -0.1) is 0 Å². The maximum absolute atomic E-state index is 11.9. The molecule has 1 aliphatic heterocycles. The second kappa shape index (κ2) is 11.5. The summed E-state index contributed by atoms with van der Waals surface area (Å²) in [6, 6.07) is 20.0. The van der Waals surface area contributed by atoms with Crippen molar-refractivity contribution in [2.45, 2.75) is 64.8 Å². The van der Waals surface area contributed by atoms with E-state index in [0.29, 0.717) is 24.2 Å². The molecular weight excluding hydrogens is 490 g/mol. The van der Waals surface area contributed by atoms with Crippen molar-refractivity contribution < 1.29 is 15.1 Å². The van der Waals surface area contributed by atoms with E-state index in [-0.39, 0.29) is 28.9 Å². The molecule has 0 spiro atoms. The number of nitrogens with zero attached hydrogens (tertiary/aromatic N) is 3. The minimum Gasteiger partial charge on any atom is -0.465 e. The van der Waals surface area contributed by atoms with Crippen molar-refractivity contribution >= 4 is 11.8 Å². The topological polar surface area (TPSA) is 95.1 Å². The fourth-order valence-corrected chi connectivity index (χ4v) is 5.88. The van der Waals surface area contributed by atoms with Gasteiger partial charge in [0, 0.05) is 49.8 Å². The minimum atomic E-state index is -0.843. The van der Waals surface area contributed by atoms with Gasteiger partial charge in [0.1, 0.15) is 0 Å². The highest BCUT2D eigenvalue weighted by atomic mass is 16.4. The smallest absolute Gasteiger partial charge is 0.407 e. The fourth-order valence-electron chi connectivity index (χ4n) is 5.88. The van der Waals surface area contributed by atoms with Crippen LogP contribution in [0.4, 0.5) is 4.79 Å². The summed E-state index contributed by atoms with van der Waals surface area (Å²) >= 11 is 0. The van der Waals surface area contributed by atoms with Crippen LogP contribution in [0.3, 0.4) is 0 Å². The molecular formula is C32H39N3O4. The van der Waals surface area contributed by atoms with Crippen molar-refractivity contribution in [2.24, 2.45) is 17.6 Å². The van der Waals surface area contributed by atoms with E-state index in [4.69, 9.17) is 0 Å². The van der Waals surface area contributed by atoms with Crippen LogP contribution in [-0.2, 0) is 7.05 Å². The van der Waals surface area contributed by atoms with Crippen LogP contribution in [0, 0.1) is 12.3 Å². The molecule has 1 aromatic heterocycles. The number of aryl methyl sites for hydroxylation is 2. The third kappa shape index (κ3) is 6.24. The fraction of sp³-hybridized carbons (Fsp3) is 0.406. The molecule has 1 amide bonds. The number of piperidine rings is 1. The number of likely N-dealkylation sites (tertiary alicyclic amines) is 1. The summed E-state index contributed by atoms with van der Waals surface area (Å²) < 4.78 is 1.48. The standard InChI is InChI=1S/C32H39N3O4/c1-21-8-6-7-9-26(21)27(19-28(33-39)25-14-15-30(36)34(5)20-25)23-12-10-22(11-13-23)24-16-17-35(31(37)38)29(18-24)32(2,3)4/h6-15,20,24,27,29,39H,16-19H2,1-5H3,(H,37,38)/t24?,27?,29-/m1/s1. The normalized spacial score (nSPS) is 19.1. The Hall–Kier alpha value is -3.87. The van der Waals surface area contributed by atoms with Crippen LogP contribution < -0.4 is 5.56 Å². The first-order chi connectivity index (χ1) is 18.5. The summed E-state index contributed by atoms with van der Waals surface area (Å²) in [5.41, 5.74) is 5.57. The zero-order chi connectivity index (χ0) is 28.3. The zero-order valence-corrected chi connectivity index (χ0v) is 23.5. The summed E-state index contributed by atoms with van der Waals surface area (Å²) in [4.78, 5) is 25.4. The number of carboxylic acid groups (broad SMARTS) is 1. The molecule has 1 saturated heterocycles. The van der Waals surface area contributed by atoms with Gasteiger partial charge in [0.15, 0.2) is 0 Å². The Balaban J connectivity index is 1.65. The predicted octanol–water partition coefficient (Wildman–Crippen LogP) is 6.37. The Bertz CT molecular complexity index is 1400. The van der Waals surface area contributed by atoms with E-state index in [1.165, 1.54) is 16.2 Å². The van der Waals surface area contributed by atoms with Crippen molar-refractivity contribution in [3.63, 3.8) is 0 Å². The minimum absolute atomic E-state index is 0.0432. The number of amides is 1. The second-order valence-electron chi connectivity index (χ2n) is 11.8. The van der Waals surface area contributed by atoms with Crippen molar-refractivity contribution in [1.82, 2.24) is 9.47 Å². The van der Waals surface area contributed by atoms with Crippen LogP contribution in [0.5, 0.6) is 0 Å². The van der Waals surface area contributed by atoms with Gasteiger partial charge < -0.3 is 19.8 Å². The average Bonchev–Trinajstić information content (AvgIpc) is 2.91. The number of pyridine rings is 1. The number of hydrogen-bond acceptors (Lipinski definition) is 4. The highest BCUT2D eigenvalue weighted by Gasteiger charge is 2.39. The molecule has 0 bridgehead atoms. The monoisotopic (exact) mass is 529 g/mol. The average molecular weight is 530 g/mol. The van der Waals surface area contributed by atoms with Gasteiger partial charge in [0.05, 0.1) is 5.71 Å². The Labute approximate surface area is 230 Å². The van der Waals surface area contributed by atoms with E-state index in [2.05, 4.69) is 69.2 Å². The van der Waals surface area contributed by atoms with Gasteiger partial charge in [-0.3, -0.25) is 4.79 Å². The zero-order valence-electron chi connectivity index (χ0n) is 23.5. The van der Waals surface area contributed by atoms with Crippen LogP contribution in [0.25, 0.3) is 0 Å². The lowest BCUT2D eigenvalue weighted by Crippen LogP contribution is -2.51. The predicted molar refractivity (Wildman–Crippen MR) is 154 cm³/mol. The van der Waals surface area contributed by atoms with Gasteiger partial charge >= 0.3 is 6.09 Å². The molecule has 0 saturated carbocycles. The summed E-state index contributed by atoms with van der Waals surface area (Å²) in [5, 5.41) is 23.4. The van der Waals surface area contributed by atoms with Gasteiger partial charge in [-0.25, -0.2) is 4.79 Å². The van der Waals surface area contributed by atoms with Crippen LogP contribution in [-0.4, -0.2) is 44.2 Å². The van der Waals surface area contributed by atoms with Crippen molar-refractivity contribution in [1.29, 1.82) is 0 Å². The van der Waals surface area contributed by atoms with E-state index in [1.54, 1.807) is 24.2 Å². The number of rotatable bonds is 6. The molecule has 0 aliphatic carbocycles.